The fourth-order valence-electron chi connectivity index (χ4n) is 0.774. The Morgan fingerprint density at radius 2 is 1.81 bits per heavy atom. The van der Waals surface area contributed by atoms with Gasteiger partial charge in [0.25, 0.3) is 0 Å². The van der Waals surface area contributed by atoms with E-state index in [2.05, 4.69) is 4.74 Å². The van der Waals surface area contributed by atoms with Crippen LogP contribution in [0.3, 0.4) is 0 Å². The number of likely N-dealkylation sites (N-methyl/N-ethyl adjacent to an activating group) is 1. The summed E-state index contributed by atoms with van der Waals surface area (Å²) in [6.45, 7) is 6.64. The molecule has 0 heterocycles. The summed E-state index contributed by atoms with van der Waals surface area (Å²) in [6, 6.07) is 0. The normalized spacial score (nSPS) is 9.38. The van der Waals surface area contributed by atoms with Crippen LogP contribution in [-0.2, 0) is 19.1 Å². The van der Waals surface area contributed by atoms with Gasteiger partial charge < -0.3 is 9.47 Å². The van der Waals surface area contributed by atoms with Crippen LogP contribution in [0.1, 0.15) is 20.8 Å². The van der Waals surface area contributed by atoms with E-state index in [1.54, 1.807) is 19.1 Å². The number of nitrogens with zero attached hydrogens (tertiary/aromatic N) is 1. The summed E-state index contributed by atoms with van der Waals surface area (Å²) >= 11 is 0. The van der Waals surface area contributed by atoms with Crippen molar-refractivity contribution in [1.29, 1.82) is 0 Å². The van der Waals surface area contributed by atoms with Gasteiger partial charge in [0.15, 0.2) is 5.78 Å². The van der Waals surface area contributed by atoms with E-state index >= 15 is 0 Å². The topological polar surface area (TPSA) is 55.8 Å². The molecule has 0 unspecified atom stereocenters. The van der Waals surface area contributed by atoms with Crippen LogP contribution >= 0.6 is 0 Å². The second kappa shape index (κ2) is 12.1. The van der Waals surface area contributed by atoms with E-state index in [1.165, 1.54) is 6.92 Å². The molecule has 0 bridgehead atoms. The molecule has 0 saturated carbocycles. The average Bonchev–Trinajstić information content (AvgIpc) is 2.26. The Hall–Kier alpha value is -0.940. The number of rotatable bonds is 7. The van der Waals surface area contributed by atoms with Gasteiger partial charge in [0.2, 0.25) is 0 Å². The van der Waals surface area contributed by atoms with Crippen molar-refractivity contribution in [2.75, 3.05) is 40.5 Å². The van der Waals surface area contributed by atoms with Gasteiger partial charge in [0, 0.05) is 13.7 Å². The van der Waals surface area contributed by atoms with E-state index in [9.17, 15) is 9.59 Å². The highest BCUT2D eigenvalue weighted by Gasteiger charge is 2.07. The van der Waals surface area contributed by atoms with Crippen LogP contribution in [0.15, 0.2) is 0 Å². The Bertz CT molecular complexity index is 194. The van der Waals surface area contributed by atoms with Crippen molar-refractivity contribution >= 4 is 11.8 Å². The van der Waals surface area contributed by atoms with Crippen LogP contribution in [-0.4, -0.2) is 57.1 Å². The molecule has 0 aliphatic rings. The molecule has 0 aromatic heterocycles. The fourth-order valence-corrected chi connectivity index (χ4v) is 0.774. The number of carbonyl (C=O) groups excluding carboxylic acids is 2. The molecule has 16 heavy (non-hydrogen) atoms. The van der Waals surface area contributed by atoms with Gasteiger partial charge in [-0.15, -0.1) is 0 Å². The number of Topliss-reactive ketones (excluding diaryl/α,β-unsaturated/α-hetero) is 1. The van der Waals surface area contributed by atoms with Crippen molar-refractivity contribution in [3.8, 4) is 0 Å². The van der Waals surface area contributed by atoms with E-state index in [0.717, 1.165) is 0 Å². The predicted octanol–water partition coefficient (Wildman–Crippen LogP) is 0.723. The lowest BCUT2D eigenvalue weighted by atomic mass is 10.5. The maximum Gasteiger partial charge on any atom is 0.320 e. The largest absolute Gasteiger partial charge is 0.457 e. The summed E-state index contributed by atoms with van der Waals surface area (Å²) in [4.78, 5) is 23.3. The highest BCUT2D eigenvalue weighted by molar-refractivity contribution is 5.80. The molecule has 0 fully saturated rings. The maximum absolute atomic E-state index is 11.1. The molecular formula is C11H23NO4. The zero-order chi connectivity index (χ0) is 13.0. The zero-order valence-electron chi connectivity index (χ0n) is 10.9. The Labute approximate surface area is 97.7 Å². The Kier molecular flexibility index (Phi) is 13.2. The molecule has 5 heteroatoms. The Balaban J connectivity index is 0. The molecule has 0 aromatic rings. The smallest absolute Gasteiger partial charge is 0.320 e. The minimum absolute atomic E-state index is 0.142. The molecule has 96 valence electrons. The first-order valence-electron chi connectivity index (χ1n) is 5.38. The maximum atomic E-state index is 11.1. The first-order valence-corrected chi connectivity index (χ1v) is 5.38. The number of carbonyl (C=O) groups is 2. The van der Waals surface area contributed by atoms with Gasteiger partial charge >= 0.3 is 5.97 Å². The van der Waals surface area contributed by atoms with Gasteiger partial charge in [0.05, 0.1) is 13.2 Å². The number of ketones is 1. The van der Waals surface area contributed by atoms with Crippen LogP contribution in [0.2, 0.25) is 0 Å². The van der Waals surface area contributed by atoms with Crippen LogP contribution in [0.25, 0.3) is 0 Å². The highest BCUT2D eigenvalue weighted by Crippen LogP contribution is 1.86. The lowest BCUT2D eigenvalue weighted by molar-refractivity contribution is -0.148. The monoisotopic (exact) mass is 233 g/mol. The van der Waals surface area contributed by atoms with Gasteiger partial charge in [-0.2, -0.15) is 0 Å². The summed E-state index contributed by atoms with van der Waals surface area (Å²) < 4.78 is 9.53. The van der Waals surface area contributed by atoms with Crippen molar-refractivity contribution in [3.63, 3.8) is 0 Å². The van der Waals surface area contributed by atoms with Crippen LogP contribution in [0.5, 0.6) is 0 Å². The zero-order valence-corrected chi connectivity index (χ0v) is 10.9. The number of methoxy groups -OCH3 is 1. The number of hydrogen-bond donors (Lipinski definition) is 0. The first kappa shape index (κ1) is 17.5. The number of ether oxygens (including phenoxy) is 2. The van der Waals surface area contributed by atoms with Crippen molar-refractivity contribution < 1.29 is 19.1 Å². The molecule has 0 saturated heterocycles. The highest BCUT2D eigenvalue weighted by atomic mass is 16.5. The van der Waals surface area contributed by atoms with E-state index < -0.39 is 0 Å². The van der Waals surface area contributed by atoms with Crippen molar-refractivity contribution in [1.82, 2.24) is 4.90 Å². The van der Waals surface area contributed by atoms with Crippen LogP contribution in [0, 0.1) is 0 Å². The quantitative estimate of drug-likeness (QED) is 0.607. The average molecular weight is 233 g/mol. The summed E-state index contributed by atoms with van der Waals surface area (Å²) in [6.07, 6.45) is 0. The third kappa shape index (κ3) is 13.1. The minimum Gasteiger partial charge on any atom is -0.457 e. The third-order valence-corrected chi connectivity index (χ3v) is 1.51. The van der Waals surface area contributed by atoms with Crippen molar-refractivity contribution in [2.45, 2.75) is 20.8 Å². The van der Waals surface area contributed by atoms with Gasteiger partial charge in [0.1, 0.15) is 6.61 Å². The summed E-state index contributed by atoms with van der Waals surface area (Å²) in [5.41, 5.74) is 0. The molecule has 5 nitrogen and oxygen atoms in total. The molecule has 0 radical (unpaired) electrons. The molecule has 0 spiro atoms. The molecule has 0 aromatic carbocycles. The molecule has 0 amide bonds. The second-order valence-electron chi connectivity index (χ2n) is 3.09. The SMILES string of the molecule is CC.COCCN(C)CC(=O)OCC(C)=O. The van der Waals surface area contributed by atoms with Gasteiger partial charge in [-0.3, -0.25) is 14.5 Å². The summed E-state index contributed by atoms with van der Waals surface area (Å²) in [5.74, 6) is -0.545. The van der Waals surface area contributed by atoms with Crippen molar-refractivity contribution in [2.24, 2.45) is 0 Å². The lowest BCUT2D eigenvalue weighted by Crippen LogP contribution is -2.30. The van der Waals surface area contributed by atoms with E-state index in [0.29, 0.717) is 13.2 Å². The molecule has 0 aliphatic heterocycles. The van der Waals surface area contributed by atoms with E-state index in [-0.39, 0.29) is 24.9 Å². The van der Waals surface area contributed by atoms with Crippen LogP contribution in [0.4, 0.5) is 0 Å². The molecular weight excluding hydrogens is 210 g/mol. The number of hydrogen-bond acceptors (Lipinski definition) is 5. The minimum atomic E-state index is -0.390. The van der Waals surface area contributed by atoms with Crippen LogP contribution < -0.4 is 0 Å². The van der Waals surface area contributed by atoms with Gasteiger partial charge in [-0.25, -0.2) is 0 Å². The first-order chi connectivity index (χ1) is 7.56. The predicted molar refractivity (Wildman–Crippen MR) is 62.4 cm³/mol. The van der Waals surface area contributed by atoms with Crippen molar-refractivity contribution in [3.05, 3.63) is 0 Å². The number of esters is 1. The third-order valence-electron chi connectivity index (χ3n) is 1.51. The Morgan fingerprint density at radius 3 is 2.25 bits per heavy atom. The molecule has 0 N–H and O–H groups in total. The Morgan fingerprint density at radius 1 is 1.25 bits per heavy atom. The summed E-state index contributed by atoms with van der Waals surface area (Å²) in [7, 11) is 3.38. The molecule has 0 aliphatic carbocycles. The molecule has 0 rings (SSSR count). The summed E-state index contributed by atoms with van der Waals surface area (Å²) in [5, 5.41) is 0. The van der Waals surface area contributed by atoms with Gasteiger partial charge in [-0.05, 0) is 14.0 Å². The van der Waals surface area contributed by atoms with E-state index in [4.69, 9.17) is 4.74 Å². The van der Waals surface area contributed by atoms with E-state index in [1.807, 2.05) is 13.8 Å². The second-order valence-corrected chi connectivity index (χ2v) is 3.09. The lowest BCUT2D eigenvalue weighted by Gasteiger charge is -2.14. The van der Waals surface area contributed by atoms with Gasteiger partial charge in [-0.1, -0.05) is 13.8 Å². The standard InChI is InChI=1S/C9H17NO4.C2H6/c1-8(11)7-14-9(12)6-10(2)4-5-13-3;1-2/h4-7H2,1-3H3;1-2H3. The molecule has 0 atom stereocenters. The fraction of sp³-hybridized carbons (Fsp3) is 0.818.